The van der Waals surface area contributed by atoms with Crippen molar-refractivity contribution in [3.63, 3.8) is 0 Å². The zero-order valence-electron chi connectivity index (χ0n) is 15.3. The van der Waals surface area contributed by atoms with Gasteiger partial charge in [0.15, 0.2) is 0 Å². The second-order valence-corrected chi connectivity index (χ2v) is 8.63. The van der Waals surface area contributed by atoms with Gasteiger partial charge in [-0.15, -0.1) is 11.3 Å². The van der Waals surface area contributed by atoms with Crippen LogP contribution in [0.2, 0.25) is 0 Å². The maximum atomic E-state index is 12.2. The first-order chi connectivity index (χ1) is 12.4. The second-order valence-electron chi connectivity index (χ2n) is 5.69. The van der Waals surface area contributed by atoms with E-state index in [1.165, 1.54) is 6.92 Å². The molecule has 0 atom stereocenters. The molecule has 0 fully saturated rings. The molecular weight excluding hydrogens is 370 g/mol. The van der Waals surface area contributed by atoms with E-state index in [2.05, 4.69) is 23.5 Å². The fraction of sp³-hybridized carbons (Fsp3) is 0.389. The molecule has 0 spiro atoms. The molecule has 6 nitrogen and oxygen atoms in total. The first kappa shape index (κ1) is 20.4. The van der Waals surface area contributed by atoms with E-state index in [0.717, 1.165) is 35.8 Å². The van der Waals surface area contributed by atoms with Crippen molar-refractivity contribution in [2.45, 2.75) is 25.0 Å². The standard InChI is InChI=1S/C18H25N3O3S2/c1-4-20(5-2)16-8-10-17(11-9-16)21(15(3)22)13-12-19-26(23,24)18-7-6-14-25-18/h6-11,14,19H,4-5,12-13H2,1-3H3. The van der Waals surface area contributed by atoms with Gasteiger partial charge in [0, 0.05) is 44.5 Å². The smallest absolute Gasteiger partial charge is 0.250 e. The van der Waals surface area contributed by atoms with Gasteiger partial charge in [-0.3, -0.25) is 4.79 Å². The van der Waals surface area contributed by atoms with Crippen LogP contribution in [0.1, 0.15) is 20.8 Å². The number of anilines is 2. The van der Waals surface area contributed by atoms with Crippen LogP contribution in [0.5, 0.6) is 0 Å². The van der Waals surface area contributed by atoms with E-state index in [9.17, 15) is 13.2 Å². The fourth-order valence-electron chi connectivity index (χ4n) is 2.68. The van der Waals surface area contributed by atoms with Gasteiger partial charge < -0.3 is 9.80 Å². The number of benzene rings is 1. The summed E-state index contributed by atoms with van der Waals surface area (Å²) in [5, 5.41) is 1.72. The number of amides is 1. The molecule has 1 heterocycles. The minimum atomic E-state index is -3.52. The van der Waals surface area contributed by atoms with Gasteiger partial charge in [0.25, 0.3) is 0 Å². The quantitative estimate of drug-likeness (QED) is 0.709. The Kier molecular flexibility index (Phi) is 7.19. The number of sulfonamides is 1. The summed E-state index contributed by atoms with van der Waals surface area (Å²) >= 11 is 1.16. The summed E-state index contributed by atoms with van der Waals surface area (Å²) in [5.74, 6) is -0.129. The van der Waals surface area contributed by atoms with Gasteiger partial charge in [-0.2, -0.15) is 0 Å². The lowest BCUT2D eigenvalue weighted by Gasteiger charge is -2.24. The number of carbonyl (C=O) groups is 1. The van der Waals surface area contributed by atoms with E-state index in [1.54, 1.807) is 22.4 Å². The van der Waals surface area contributed by atoms with Crippen molar-refractivity contribution in [2.24, 2.45) is 0 Å². The third kappa shape index (κ3) is 5.06. The van der Waals surface area contributed by atoms with Gasteiger partial charge in [-0.05, 0) is 49.6 Å². The Balaban J connectivity index is 2.04. The van der Waals surface area contributed by atoms with Crippen LogP contribution < -0.4 is 14.5 Å². The van der Waals surface area contributed by atoms with Crippen LogP contribution in [0, 0.1) is 0 Å². The Morgan fingerprint density at radius 1 is 1.08 bits per heavy atom. The topological polar surface area (TPSA) is 69.7 Å². The van der Waals surface area contributed by atoms with Crippen molar-refractivity contribution in [3.8, 4) is 0 Å². The van der Waals surface area contributed by atoms with E-state index in [-0.39, 0.29) is 23.2 Å². The zero-order chi connectivity index (χ0) is 19.2. The van der Waals surface area contributed by atoms with Gasteiger partial charge in [-0.25, -0.2) is 13.1 Å². The van der Waals surface area contributed by atoms with Gasteiger partial charge in [0.1, 0.15) is 4.21 Å². The average Bonchev–Trinajstić information content (AvgIpc) is 3.16. The molecule has 1 aromatic carbocycles. The third-order valence-electron chi connectivity index (χ3n) is 4.06. The first-order valence-electron chi connectivity index (χ1n) is 8.55. The highest BCUT2D eigenvalue weighted by molar-refractivity contribution is 7.91. The summed E-state index contributed by atoms with van der Waals surface area (Å²) in [7, 11) is -3.52. The largest absolute Gasteiger partial charge is 0.372 e. The zero-order valence-corrected chi connectivity index (χ0v) is 16.9. The SMILES string of the molecule is CCN(CC)c1ccc(N(CCNS(=O)(=O)c2cccs2)C(C)=O)cc1. The summed E-state index contributed by atoms with van der Waals surface area (Å²) in [6.07, 6.45) is 0. The van der Waals surface area contributed by atoms with Crippen molar-refractivity contribution in [1.29, 1.82) is 0 Å². The van der Waals surface area contributed by atoms with Crippen molar-refractivity contribution in [1.82, 2.24) is 4.72 Å². The highest BCUT2D eigenvalue weighted by atomic mass is 32.2. The molecule has 0 aliphatic rings. The molecule has 1 amide bonds. The summed E-state index contributed by atoms with van der Waals surface area (Å²) in [6.45, 7) is 7.92. The number of nitrogens with one attached hydrogen (secondary N) is 1. The fourth-order valence-corrected chi connectivity index (χ4v) is 4.74. The molecule has 8 heteroatoms. The van der Waals surface area contributed by atoms with E-state index in [0.29, 0.717) is 0 Å². The number of nitrogens with zero attached hydrogens (tertiary/aromatic N) is 2. The van der Waals surface area contributed by atoms with Crippen molar-refractivity contribution < 1.29 is 13.2 Å². The minimum absolute atomic E-state index is 0.129. The van der Waals surface area contributed by atoms with Crippen molar-refractivity contribution >= 4 is 38.6 Å². The van der Waals surface area contributed by atoms with E-state index >= 15 is 0 Å². The molecule has 0 saturated heterocycles. The molecule has 1 N–H and O–H groups in total. The van der Waals surface area contributed by atoms with Crippen LogP contribution in [0.15, 0.2) is 46.0 Å². The highest BCUT2D eigenvalue weighted by Crippen LogP contribution is 2.21. The lowest BCUT2D eigenvalue weighted by atomic mass is 10.2. The number of hydrogen-bond donors (Lipinski definition) is 1. The Hall–Kier alpha value is -1.90. The van der Waals surface area contributed by atoms with Gasteiger partial charge in [0.2, 0.25) is 15.9 Å². The van der Waals surface area contributed by atoms with Gasteiger partial charge >= 0.3 is 0 Å². The Bertz CT molecular complexity index is 799. The molecule has 1 aromatic heterocycles. The molecule has 0 saturated carbocycles. The number of rotatable bonds is 9. The van der Waals surface area contributed by atoms with Crippen LogP contribution in [0.4, 0.5) is 11.4 Å². The maximum Gasteiger partial charge on any atom is 0.250 e. The normalized spacial score (nSPS) is 11.3. The summed E-state index contributed by atoms with van der Waals surface area (Å²) < 4.78 is 27.1. The maximum absolute atomic E-state index is 12.2. The van der Waals surface area contributed by atoms with Crippen LogP contribution in [0.3, 0.4) is 0 Å². The molecule has 0 unspecified atom stereocenters. The monoisotopic (exact) mass is 395 g/mol. The number of hydrogen-bond acceptors (Lipinski definition) is 5. The van der Waals surface area contributed by atoms with Crippen LogP contribution in [0.25, 0.3) is 0 Å². The first-order valence-corrected chi connectivity index (χ1v) is 10.9. The number of carbonyl (C=O) groups excluding carboxylic acids is 1. The van der Waals surface area contributed by atoms with Crippen molar-refractivity contribution in [2.75, 3.05) is 36.0 Å². The summed E-state index contributed by atoms with van der Waals surface area (Å²) in [4.78, 5) is 15.8. The van der Waals surface area contributed by atoms with Gasteiger partial charge in [-0.1, -0.05) is 6.07 Å². The molecule has 0 aliphatic heterocycles. The molecule has 2 aromatic rings. The van der Waals surface area contributed by atoms with Crippen LogP contribution in [-0.4, -0.2) is 40.5 Å². The Morgan fingerprint density at radius 3 is 2.19 bits per heavy atom. The molecule has 0 radical (unpaired) electrons. The van der Waals surface area contributed by atoms with E-state index in [1.807, 2.05) is 24.3 Å². The van der Waals surface area contributed by atoms with Crippen molar-refractivity contribution in [3.05, 3.63) is 41.8 Å². The predicted molar refractivity (Wildman–Crippen MR) is 108 cm³/mol. The lowest BCUT2D eigenvalue weighted by Crippen LogP contribution is -2.37. The molecular formula is C18H25N3O3S2. The Morgan fingerprint density at radius 2 is 1.69 bits per heavy atom. The summed E-state index contributed by atoms with van der Waals surface area (Å²) in [6, 6.07) is 11.0. The molecule has 0 bridgehead atoms. The predicted octanol–water partition coefficient (Wildman–Crippen LogP) is 2.93. The second kappa shape index (κ2) is 9.16. The molecule has 26 heavy (non-hydrogen) atoms. The lowest BCUT2D eigenvalue weighted by molar-refractivity contribution is -0.116. The Labute approximate surface area is 159 Å². The molecule has 0 aliphatic carbocycles. The molecule has 2 rings (SSSR count). The minimum Gasteiger partial charge on any atom is -0.372 e. The third-order valence-corrected chi connectivity index (χ3v) is 6.92. The summed E-state index contributed by atoms with van der Waals surface area (Å²) in [5.41, 5.74) is 1.85. The average molecular weight is 396 g/mol. The van der Waals surface area contributed by atoms with E-state index < -0.39 is 10.0 Å². The van der Waals surface area contributed by atoms with Crippen LogP contribution >= 0.6 is 11.3 Å². The highest BCUT2D eigenvalue weighted by Gasteiger charge is 2.17. The van der Waals surface area contributed by atoms with E-state index in [4.69, 9.17) is 0 Å². The molecule has 142 valence electrons. The van der Waals surface area contributed by atoms with Crippen LogP contribution in [-0.2, 0) is 14.8 Å². The van der Waals surface area contributed by atoms with Gasteiger partial charge in [0.05, 0.1) is 0 Å². The number of thiophene rings is 1.